The molecule has 0 amide bonds. The van der Waals surface area contributed by atoms with Crippen molar-refractivity contribution in [1.29, 1.82) is 0 Å². The highest BCUT2D eigenvalue weighted by atomic mass is 16.5. The van der Waals surface area contributed by atoms with Crippen molar-refractivity contribution in [2.24, 2.45) is 5.92 Å². The van der Waals surface area contributed by atoms with Crippen molar-refractivity contribution in [3.8, 4) is 5.75 Å². The second-order valence-corrected chi connectivity index (χ2v) is 6.33. The van der Waals surface area contributed by atoms with E-state index in [1.54, 1.807) is 12.1 Å². The summed E-state index contributed by atoms with van der Waals surface area (Å²) in [5, 5.41) is 3.43. The molecule has 3 rings (SSSR count). The van der Waals surface area contributed by atoms with Gasteiger partial charge in [-0.3, -0.25) is 4.79 Å². The minimum atomic E-state index is -0.370. The highest BCUT2D eigenvalue weighted by Gasteiger charge is 2.24. The molecule has 0 saturated carbocycles. The average molecular weight is 357 g/mol. The lowest BCUT2D eigenvalue weighted by Crippen LogP contribution is -2.33. The Hall–Kier alpha value is -3.33. The SMILES string of the molecule is C[C@@H](C(=O)Oc1ccccc1)[C@H](/C=C/c1ccccc1)Nc1ccccc1. The molecular formula is C24H23NO2. The summed E-state index contributed by atoms with van der Waals surface area (Å²) in [6.07, 6.45) is 4.03. The summed E-state index contributed by atoms with van der Waals surface area (Å²) >= 11 is 0. The van der Waals surface area contributed by atoms with Crippen molar-refractivity contribution < 1.29 is 9.53 Å². The summed E-state index contributed by atoms with van der Waals surface area (Å²) in [5.74, 6) is -0.0856. The lowest BCUT2D eigenvalue weighted by atomic mass is 10.00. The van der Waals surface area contributed by atoms with Gasteiger partial charge in [0.15, 0.2) is 0 Å². The fourth-order valence-electron chi connectivity index (χ4n) is 2.69. The third-order valence-corrected chi connectivity index (χ3v) is 4.27. The summed E-state index contributed by atoms with van der Waals surface area (Å²) in [7, 11) is 0. The number of carbonyl (C=O) groups excluding carboxylic acids is 1. The Morgan fingerprint density at radius 2 is 1.41 bits per heavy atom. The lowest BCUT2D eigenvalue weighted by molar-refractivity contribution is -0.138. The number of rotatable bonds is 7. The molecular weight excluding hydrogens is 334 g/mol. The Kier molecular flexibility index (Phi) is 6.42. The first kappa shape index (κ1) is 18.5. The van der Waals surface area contributed by atoms with Crippen LogP contribution in [0.5, 0.6) is 5.75 Å². The van der Waals surface area contributed by atoms with Gasteiger partial charge in [-0.05, 0) is 36.8 Å². The number of benzene rings is 3. The van der Waals surface area contributed by atoms with Crippen molar-refractivity contribution in [3.05, 3.63) is 103 Å². The van der Waals surface area contributed by atoms with Crippen molar-refractivity contribution in [2.75, 3.05) is 5.32 Å². The zero-order valence-electron chi connectivity index (χ0n) is 15.3. The molecule has 0 aliphatic heterocycles. The van der Waals surface area contributed by atoms with Gasteiger partial charge in [-0.2, -0.15) is 0 Å². The maximum atomic E-state index is 12.7. The Morgan fingerprint density at radius 3 is 2.04 bits per heavy atom. The van der Waals surface area contributed by atoms with Crippen molar-refractivity contribution in [2.45, 2.75) is 13.0 Å². The van der Waals surface area contributed by atoms with E-state index >= 15 is 0 Å². The van der Waals surface area contributed by atoms with E-state index < -0.39 is 0 Å². The smallest absolute Gasteiger partial charge is 0.316 e. The van der Waals surface area contributed by atoms with Crippen LogP contribution < -0.4 is 10.1 Å². The zero-order chi connectivity index (χ0) is 18.9. The number of hydrogen-bond donors (Lipinski definition) is 1. The van der Waals surface area contributed by atoms with Gasteiger partial charge in [0.25, 0.3) is 0 Å². The third kappa shape index (κ3) is 5.58. The first-order valence-corrected chi connectivity index (χ1v) is 9.04. The molecule has 0 unspecified atom stereocenters. The highest BCUT2D eigenvalue weighted by Crippen LogP contribution is 2.18. The van der Waals surface area contributed by atoms with Gasteiger partial charge in [-0.25, -0.2) is 0 Å². The molecule has 3 aromatic rings. The maximum Gasteiger partial charge on any atom is 0.316 e. The van der Waals surface area contributed by atoms with Crippen molar-refractivity contribution in [3.63, 3.8) is 0 Å². The van der Waals surface area contributed by atoms with Crippen LogP contribution in [0, 0.1) is 5.92 Å². The first-order valence-electron chi connectivity index (χ1n) is 9.04. The topological polar surface area (TPSA) is 38.3 Å². The number of para-hydroxylation sites is 2. The molecule has 3 nitrogen and oxygen atoms in total. The fraction of sp³-hybridized carbons (Fsp3) is 0.125. The summed E-state index contributed by atoms with van der Waals surface area (Å²) in [6.45, 7) is 1.88. The van der Waals surface area contributed by atoms with E-state index in [0.29, 0.717) is 5.75 Å². The molecule has 0 aliphatic carbocycles. The van der Waals surface area contributed by atoms with E-state index in [1.165, 1.54) is 0 Å². The first-order chi connectivity index (χ1) is 13.2. The fourth-order valence-corrected chi connectivity index (χ4v) is 2.69. The van der Waals surface area contributed by atoms with Crippen LogP contribution in [0.25, 0.3) is 6.08 Å². The maximum absolute atomic E-state index is 12.7. The van der Waals surface area contributed by atoms with Crippen molar-refractivity contribution >= 4 is 17.7 Å². The van der Waals surface area contributed by atoms with Crippen LogP contribution in [0.3, 0.4) is 0 Å². The van der Waals surface area contributed by atoms with E-state index in [1.807, 2.05) is 97.9 Å². The van der Waals surface area contributed by atoms with E-state index in [2.05, 4.69) is 5.32 Å². The normalized spacial score (nSPS) is 13.1. The van der Waals surface area contributed by atoms with Crippen LogP contribution in [-0.4, -0.2) is 12.0 Å². The van der Waals surface area contributed by atoms with E-state index in [4.69, 9.17) is 4.74 Å². The third-order valence-electron chi connectivity index (χ3n) is 4.27. The van der Waals surface area contributed by atoms with Gasteiger partial charge in [0.05, 0.1) is 12.0 Å². The number of nitrogens with one attached hydrogen (secondary N) is 1. The van der Waals surface area contributed by atoms with Gasteiger partial charge in [0, 0.05) is 5.69 Å². The molecule has 136 valence electrons. The Morgan fingerprint density at radius 1 is 0.852 bits per heavy atom. The number of ether oxygens (including phenoxy) is 1. The van der Waals surface area contributed by atoms with Crippen LogP contribution in [0.4, 0.5) is 5.69 Å². The highest BCUT2D eigenvalue weighted by molar-refractivity contribution is 5.77. The summed E-state index contributed by atoms with van der Waals surface area (Å²) in [6, 6.07) is 28.8. The number of carbonyl (C=O) groups is 1. The Labute approximate surface area is 160 Å². The molecule has 0 radical (unpaired) electrons. The second kappa shape index (κ2) is 9.39. The summed E-state index contributed by atoms with van der Waals surface area (Å²) in [5.41, 5.74) is 2.04. The molecule has 0 aromatic heterocycles. The van der Waals surface area contributed by atoms with Gasteiger partial charge < -0.3 is 10.1 Å². The summed E-state index contributed by atoms with van der Waals surface area (Å²) < 4.78 is 5.53. The predicted molar refractivity (Wildman–Crippen MR) is 111 cm³/mol. The van der Waals surface area contributed by atoms with Crippen LogP contribution in [0.1, 0.15) is 12.5 Å². The molecule has 0 bridgehead atoms. The molecule has 0 saturated heterocycles. The van der Waals surface area contributed by atoms with Crippen LogP contribution in [0.2, 0.25) is 0 Å². The number of anilines is 1. The molecule has 3 heteroatoms. The molecule has 2 atom stereocenters. The molecule has 3 aromatic carbocycles. The van der Waals surface area contributed by atoms with Crippen molar-refractivity contribution in [1.82, 2.24) is 0 Å². The van der Waals surface area contributed by atoms with Crippen LogP contribution in [-0.2, 0) is 4.79 Å². The molecule has 0 fully saturated rings. The van der Waals surface area contributed by atoms with Crippen LogP contribution in [0.15, 0.2) is 97.1 Å². The minimum Gasteiger partial charge on any atom is -0.426 e. The number of hydrogen-bond acceptors (Lipinski definition) is 3. The summed E-state index contributed by atoms with van der Waals surface area (Å²) in [4.78, 5) is 12.7. The van der Waals surface area contributed by atoms with E-state index in [9.17, 15) is 4.79 Å². The van der Waals surface area contributed by atoms with Gasteiger partial charge >= 0.3 is 5.97 Å². The van der Waals surface area contributed by atoms with Crippen LogP contribution >= 0.6 is 0 Å². The quantitative estimate of drug-likeness (QED) is 0.453. The van der Waals surface area contributed by atoms with E-state index in [-0.39, 0.29) is 17.9 Å². The molecule has 0 heterocycles. The minimum absolute atomic E-state index is 0.205. The van der Waals surface area contributed by atoms with Gasteiger partial charge in [0.1, 0.15) is 5.75 Å². The van der Waals surface area contributed by atoms with E-state index in [0.717, 1.165) is 11.3 Å². The average Bonchev–Trinajstić information content (AvgIpc) is 2.73. The van der Waals surface area contributed by atoms with Gasteiger partial charge in [-0.15, -0.1) is 0 Å². The zero-order valence-corrected chi connectivity index (χ0v) is 15.3. The number of esters is 1. The van der Waals surface area contributed by atoms with Gasteiger partial charge in [-0.1, -0.05) is 78.9 Å². The largest absolute Gasteiger partial charge is 0.426 e. The Bertz CT molecular complexity index is 861. The predicted octanol–water partition coefficient (Wildman–Crippen LogP) is 5.42. The monoisotopic (exact) mass is 357 g/mol. The second-order valence-electron chi connectivity index (χ2n) is 6.33. The standard InChI is InChI=1S/C24H23NO2/c1-19(24(26)27-22-15-9-4-10-16-22)23(25-21-13-7-3-8-14-21)18-17-20-11-5-2-6-12-20/h2-19,23,25H,1H3/b18-17+/t19-,23+/m1/s1. The lowest BCUT2D eigenvalue weighted by Gasteiger charge is -2.22. The molecule has 0 spiro atoms. The molecule has 0 aliphatic rings. The Balaban J connectivity index is 1.77. The molecule has 1 N–H and O–H groups in total. The van der Waals surface area contributed by atoms with Gasteiger partial charge in [0.2, 0.25) is 0 Å². The molecule has 27 heavy (non-hydrogen) atoms.